The van der Waals surface area contributed by atoms with Gasteiger partial charge in [-0.1, -0.05) is 23.2 Å². The van der Waals surface area contributed by atoms with E-state index < -0.39 is 20.4 Å². The first-order chi connectivity index (χ1) is 9.67. The van der Waals surface area contributed by atoms with Crippen LogP contribution < -0.4 is 4.74 Å². The molecule has 0 amide bonds. The zero-order chi connectivity index (χ0) is 16.2. The molecular weight excluding hydrogens is 329 g/mol. The Bertz CT molecular complexity index is 572. The summed E-state index contributed by atoms with van der Waals surface area (Å²) in [5.41, 5.74) is -0.298. The maximum absolute atomic E-state index is 12.1. The lowest BCUT2D eigenvalue weighted by Crippen LogP contribution is -2.41. The van der Waals surface area contributed by atoms with Gasteiger partial charge in [0.05, 0.1) is 16.6 Å². The standard InChI is InChI=1S/C14H17Cl2NO3Si/c1-9(8-17)21(3,4)20-14(18)10(2)19-13-6-5-11(15)7-12(13)16/h5-7,9-10H,1-4H3. The number of halogens is 2. The second-order valence-electron chi connectivity index (χ2n) is 5.21. The van der Waals surface area contributed by atoms with E-state index in [-0.39, 0.29) is 5.54 Å². The zero-order valence-corrected chi connectivity index (χ0v) is 14.8. The van der Waals surface area contributed by atoms with Crippen molar-refractivity contribution in [3.05, 3.63) is 28.2 Å². The molecule has 1 aromatic rings. The third-order valence-electron chi connectivity index (χ3n) is 3.13. The van der Waals surface area contributed by atoms with Crippen LogP contribution in [-0.2, 0) is 9.22 Å². The number of ether oxygens (including phenoxy) is 1. The number of rotatable bonds is 5. The molecule has 0 spiro atoms. The van der Waals surface area contributed by atoms with Gasteiger partial charge in [0.2, 0.25) is 0 Å². The first-order valence-electron chi connectivity index (χ1n) is 6.41. The second kappa shape index (κ2) is 7.17. The first-order valence-corrected chi connectivity index (χ1v) is 10.2. The molecule has 0 N–H and O–H groups in total. The Morgan fingerprint density at radius 2 is 1.95 bits per heavy atom. The van der Waals surface area contributed by atoms with Crippen LogP contribution in [0.3, 0.4) is 0 Å². The Labute approximate surface area is 135 Å². The van der Waals surface area contributed by atoms with E-state index >= 15 is 0 Å². The fourth-order valence-corrected chi connectivity index (χ4v) is 3.02. The van der Waals surface area contributed by atoms with Crippen LogP contribution in [0.5, 0.6) is 5.75 Å². The number of nitriles is 1. The van der Waals surface area contributed by atoms with Gasteiger partial charge in [0, 0.05) is 5.02 Å². The summed E-state index contributed by atoms with van der Waals surface area (Å²) < 4.78 is 11.0. The van der Waals surface area contributed by atoms with E-state index in [9.17, 15) is 4.79 Å². The molecule has 0 saturated carbocycles. The van der Waals surface area contributed by atoms with E-state index in [0.717, 1.165) is 0 Å². The van der Waals surface area contributed by atoms with Gasteiger partial charge >= 0.3 is 5.97 Å². The van der Waals surface area contributed by atoms with Gasteiger partial charge in [0.15, 0.2) is 6.10 Å². The Hall–Kier alpha value is -1.22. The number of hydrogen-bond acceptors (Lipinski definition) is 4. The third-order valence-corrected chi connectivity index (χ3v) is 6.60. The largest absolute Gasteiger partial charge is 0.516 e. The molecule has 4 nitrogen and oxygen atoms in total. The van der Waals surface area contributed by atoms with Crippen LogP contribution in [0.15, 0.2) is 18.2 Å². The minimum atomic E-state index is -2.42. The van der Waals surface area contributed by atoms with Gasteiger partial charge in [-0.05, 0) is 45.1 Å². The minimum absolute atomic E-state index is 0.298. The van der Waals surface area contributed by atoms with Crippen LogP contribution in [0.4, 0.5) is 0 Å². The summed E-state index contributed by atoms with van der Waals surface area (Å²) >= 11 is 11.8. The molecule has 2 atom stereocenters. The van der Waals surface area contributed by atoms with E-state index in [0.29, 0.717) is 15.8 Å². The predicted molar refractivity (Wildman–Crippen MR) is 85.2 cm³/mol. The highest BCUT2D eigenvalue weighted by molar-refractivity contribution is 6.74. The molecule has 0 bridgehead atoms. The number of carbonyl (C=O) groups excluding carboxylic acids is 1. The molecular formula is C14H17Cl2NO3Si. The fourth-order valence-electron chi connectivity index (χ4n) is 1.40. The summed E-state index contributed by atoms with van der Waals surface area (Å²) in [6, 6.07) is 6.87. The van der Waals surface area contributed by atoms with Crippen molar-refractivity contribution < 1.29 is 14.0 Å². The first kappa shape index (κ1) is 17.8. The second-order valence-corrected chi connectivity index (χ2v) is 10.3. The molecule has 1 rings (SSSR count). The van der Waals surface area contributed by atoms with Crippen LogP contribution in [-0.4, -0.2) is 20.4 Å². The average molecular weight is 346 g/mol. The molecule has 0 aliphatic rings. The average Bonchev–Trinajstić information content (AvgIpc) is 2.40. The summed E-state index contributed by atoms with van der Waals surface area (Å²) in [6.45, 7) is 6.97. The molecule has 0 aliphatic heterocycles. The number of nitrogens with zero attached hydrogens (tertiary/aromatic N) is 1. The Kier molecular flexibility index (Phi) is 6.08. The van der Waals surface area contributed by atoms with E-state index in [1.54, 1.807) is 26.0 Å². The van der Waals surface area contributed by atoms with Crippen molar-refractivity contribution in [2.24, 2.45) is 0 Å². The van der Waals surface area contributed by atoms with Crippen molar-refractivity contribution in [2.75, 3.05) is 0 Å². The summed E-state index contributed by atoms with van der Waals surface area (Å²) in [5, 5.41) is 9.76. The van der Waals surface area contributed by atoms with Gasteiger partial charge in [-0.2, -0.15) is 5.26 Å². The van der Waals surface area contributed by atoms with Gasteiger partial charge in [-0.15, -0.1) is 0 Å². The summed E-state index contributed by atoms with van der Waals surface area (Å²) in [7, 11) is -2.42. The molecule has 0 fully saturated rings. The maximum atomic E-state index is 12.1. The minimum Gasteiger partial charge on any atom is -0.516 e. The highest BCUT2D eigenvalue weighted by Gasteiger charge is 2.36. The van der Waals surface area contributed by atoms with Crippen LogP contribution >= 0.6 is 23.2 Å². The van der Waals surface area contributed by atoms with Gasteiger partial charge in [0.1, 0.15) is 5.75 Å². The number of benzene rings is 1. The van der Waals surface area contributed by atoms with Gasteiger partial charge < -0.3 is 9.16 Å². The molecule has 0 aromatic heterocycles. The lowest BCUT2D eigenvalue weighted by molar-refractivity contribution is -0.142. The summed E-state index contributed by atoms with van der Waals surface area (Å²) in [5.74, 6) is -0.141. The van der Waals surface area contributed by atoms with E-state index in [1.165, 1.54) is 6.07 Å². The Morgan fingerprint density at radius 1 is 1.33 bits per heavy atom. The zero-order valence-electron chi connectivity index (χ0n) is 12.3. The SMILES string of the molecule is CC(Oc1ccc(Cl)cc1Cl)C(=O)O[Si](C)(C)C(C)C#N. The smallest absolute Gasteiger partial charge is 0.333 e. The highest BCUT2D eigenvalue weighted by atomic mass is 35.5. The van der Waals surface area contributed by atoms with E-state index in [2.05, 4.69) is 6.07 Å². The van der Waals surface area contributed by atoms with Crippen molar-refractivity contribution in [1.29, 1.82) is 5.26 Å². The molecule has 2 unspecified atom stereocenters. The maximum Gasteiger partial charge on any atom is 0.333 e. The predicted octanol–water partition coefficient (Wildman–Crippen LogP) is 4.42. The van der Waals surface area contributed by atoms with Crippen molar-refractivity contribution in [3.8, 4) is 11.8 Å². The van der Waals surface area contributed by atoms with Crippen molar-refractivity contribution in [2.45, 2.75) is 38.6 Å². The number of carbonyl (C=O) groups is 1. The molecule has 0 heterocycles. The van der Waals surface area contributed by atoms with Crippen LogP contribution in [0, 0.1) is 11.3 Å². The third kappa shape index (κ3) is 4.92. The van der Waals surface area contributed by atoms with Gasteiger partial charge in [-0.3, -0.25) is 0 Å². The Morgan fingerprint density at radius 3 is 2.48 bits per heavy atom. The van der Waals surface area contributed by atoms with Crippen LogP contribution in [0.2, 0.25) is 28.7 Å². The van der Waals surface area contributed by atoms with Crippen molar-refractivity contribution in [1.82, 2.24) is 0 Å². The van der Waals surface area contributed by atoms with Crippen molar-refractivity contribution in [3.63, 3.8) is 0 Å². The van der Waals surface area contributed by atoms with Crippen LogP contribution in [0.25, 0.3) is 0 Å². The fraction of sp³-hybridized carbons (Fsp3) is 0.429. The molecule has 0 saturated heterocycles. The topological polar surface area (TPSA) is 59.3 Å². The van der Waals surface area contributed by atoms with Gasteiger partial charge in [-0.25, -0.2) is 4.79 Å². The van der Waals surface area contributed by atoms with E-state index in [1.807, 2.05) is 13.1 Å². The monoisotopic (exact) mass is 345 g/mol. The van der Waals surface area contributed by atoms with Crippen molar-refractivity contribution >= 4 is 37.5 Å². The lowest BCUT2D eigenvalue weighted by atomic mass is 10.3. The normalized spacial score (nSPS) is 14.0. The summed E-state index contributed by atoms with van der Waals surface area (Å²) in [4.78, 5) is 12.1. The molecule has 114 valence electrons. The number of hydrogen-bond donors (Lipinski definition) is 0. The Balaban J connectivity index is 2.74. The lowest BCUT2D eigenvalue weighted by Gasteiger charge is -2.26. The molecule has 7 heteroatoms. The van der Waals surface area contributed by atoms with Crippen LogP contribution in [0.1, 0.15) is 13.8 Å². The van der Waals surface area contributed by atoms with Gasteiger partial charge in [0.25, 0.3) is 8.32 Å². The molecule has 0 radical (unpaired) electrons. The molecule has 21 heavy (non-hydrogen) atoms. The summed E-state index contributed by atoms with van der Waals surface area (Å²) in [6.07, 6.45) is -0.818. The molecule has 0 aliphatic carbocycles. The quantitative estimate of drug-likeness (QED) is 0.741. The molecule has 1 aromatic carbocycles. The highest BCUT2D eigenvalue weighted by Crippen LogP contribution is 2.29. The van der Waals surface area contributed by atoms with E-state index in [4.69, 9.17) is 37.6 Å².